The first-order valence-electron chi connectivity index (χ1n) is 10.5. The molecule has 0 saturated carbocycles. The summed E-state index contributed by atoms with van der Waals surface area (Å²) in [5.74, 6) is 1.69. The van der Waals surface area contributed by atoms with Gasteiger partial charge in [0.1, 0.15) is 5.82 Å². The van der Waals surface area contributed by atoms with Crippen molar-refractivity contribution in [3.05, 3.63) is 23.9 Å². The lowest BCUT2D eigenvalue weighted by Crippen LogP contribution is -2.53. The summed E-state index contributed by atoms with van der Waals surface area (Å²) >= 11 is 0. The maximum Gasteiger partial charge on any atom is 0.252 e. The van der Waals surface area contributed by atoms with Crippen LogP contribution in [0.3, 0.4) is 0 Å². The predicted molar refractivity (Wildman–Crippen MR) is 110 cm³/mol. The third-order valence-corrected chi connectivity index (χ3v) is 5.68. The normalized spacial score (nSPS) is 20.2. The van der Waals surface area contributed by atoms with Crippen molar-refractivity contribution in [2.24, 2.45) is 5.92 Å². The number of piperazine rings is 1. The van der Waals surface area contributed by atoms with Crippen LogP contribution in [0.4, 0.5) is 5.82 Å². The van der Waals surface area contributed by atoms with Gasteiger partial charge in [-0.15, -0.1) is 0 Å². The highest BCUT2D eigenvalue weighted by atomic mass is 16.1. The van der Waals surface area contributed by atoms with Gasteiger partial charge in [0, 0.05) is 51.5 Å². The molecule has 0 aromatic carbocycles. The number of hydrogen-bond donors (Lipinski definition) is 1. The van der Waals surface area contributed by atoms with Gasteiger partial charge in [-0.05, 0) is 50.9 Å². The predicted octanol–water partition coefficient (Wildman–Crippen LogP) is 2.07. The Morgan fingerprint density at radius 3 is 2.41 bits per heavy atom. The Hall–Kier alpha value is -1.66. The average Bonchev–Trinajstić information content (AvgIpc) is 2.69. The first kappa shape index (κ1) is 20.1. The van der Waals surface area contributed by atoms with Crippen LogP contribution in [-0.2, 0) is 0 Å². The highest BCUT2D eigenvalue weighted by Gasteiger charge is 2.27. The Labute approximate surface area is 163 Å². The number of hydrogen-bond acceptors (Lipinski definition) is 5. The second kappa shape index (κ2) is 9.51. The molecule has 3 heterocycles. The standard InChI is InChI=1S/C21H35N5O/c1-4-22-21(27)18-5-6-20(23-15-18)26-13-11-25(12-14-26)19-7-9-24(10-8-19)16-17(2)3/h5-6,15,17,19H,4,7-14,16H2,1-3H3,(H,22,27). The lowest BCUT2D eigenvalue weighted by molar-refractivity contribution is 0.0955. The van der Waals surface area contributed by atoms with E-state index < -0.39 is 0 Å². The fraction of sp³-hybridized carbons (Fsp3) is 0.714. The maximum absolute atomic E-state index is 11.9. The second-order valence-corrected chi connectivity index (χ2v) is 8.21. The van der Waals surface area contributed by atoms with E-state index in [2.05, 4.69) is 38.8 Å². The largest absolute Gasteiger partial charge is 0.354 e. The van der Waals surface area contributed by atoms with Crippen molar-refractivity contribution in [2.45, 2.75) is 39.7 Å². The van der Waals surface area contributed by atoms with Crippen LogP contribution < -0.4 is 10.2 Å². The molecular formula is C21H35N5O. The van der Waals surface area contributed by atoms with Gasteiger partial charge in [-0.2, -0.15) is 0 Å². The van der Waals surface area contributed by atoms with Crippen LogP contribution in [0.5, 0.6) is 0 Å². The number of nitrogens with zero attached hydrogens (tertiary/aromatic N) is 4. The summed E-state index contributed by atoms with van der Waals surface area (Å²) in [6, 6.07) is 4.60. The summed E-state index contributed by atoms with van der Waals surface area (Å²) in [5.41, 5.74) is 0.632. The van der Waals surface area contributed by atoms with E-state index in [0.29, 0.717) is 12.1 Å². The number of carbonyl (C=O) groups excluding carboxylic acids is 1. The van der Waals surface area contributed by atoms with Gasteiger partial charge in [0.05, 0.1) is 5.56 Å². The maximum atomic E-state index is 11.9. The first-order valence-corrected chi connectivity index (χ1v) is 10.5. The zero-order valence-corrected chi connectivity index (χ0v) is 17.2. The van der Waals surface area contributed by atoms with Crippen LogP contribution in [0.15, 0.2) is 18.3 Å². The molecule has 3 rings (SSSR count). The van der Waals surface area contributed by atoms with E-state index in [9.17, 15) is 4.79 Å². The number of pyridine rings is 1. The highest BCUT2D eigenvalue weighted by Crippen LogP contribution is 2.21. The van der Waals surface area contributed by atoms with Crippen LogP contribution in [-0.4, -0.2) is 79.1 Å². The molecule has 0 atom stereocenters. The van der Waals surface area contributed by atoms with Crippen molar-refractivity contribution in [2.75, 3.05) is 57.3 Å². The molecule has 6 heteroatoms. The minimum atomic E-state index is -0.0508. The third kappa shape index (κ3) is 5.42. The minimum Gasteiger partial charge on any atom is -0.354 e. The van der Waals surface area contributed by atoms with Crippen molar-refractivity contribution in [1.29, 1.82) is 0 Å². The van der Waals surface area contributed by atoms with E-state index in [1.807, 2.05) is 19.1 Å². The Morgan fingerprint density at radius 2 is 1.85 bits per heavy atom. The number of anilines is 1. The summed E-state index contributed by atoms with van der Waals surface area (Å²) in [7, 11) is 0. The molecule has 2 fully saturated rings. The smallest absolute Gasteiger partial charge is 0.252 e. The lowest BCUT2D eigenvalue weighted by Gasteiger charge is -2.43. The summed E-state index contributed by atoms with van der Waals surface area (Å²) in [6.07, 6.45) is 4.29. The fourth-order valence-electron chi connectivity index (χ4n) is 4.27. The van der Waals surface area contributed by atoms with Crippen LogP contribution in [0.1, 0.15) is 44.0 Å². The van der Waals surface area contributed by atoms with Gasteiger partial charge in [0.25, 0.3) is 5.91 Å². The molecule has 27 heavy (non-hydrogen) atoms. The summed E-state index contributed by atoms with van der Waals surface area (Å²) in [4.78, 5) is 24.0. The van der Waals surface area contributed by atoms with E-state index in [-0.39, 0.29) is 5.91 Å². The number of rotatable bonds is 6. The molecule has 0 radical (unpaired) electrons. The molecule has 150 valence electrons. The number of nitrogens with one attached hydrogen (secondary N) is 1. The first-order chi connectivity index (χ1) is 13.1. The number of carbonyl (C=O) groups is 1. The summed E-state index contributed by atoms with van der Waals surface area (Å²) in [5, 5.41) is 2.81. The van der Waals surface area contributed by atoms with Gasteiger partial charge in [-0.25, -0.2) is 4.98 Å². The fourth-order valence-corrected chi connectivity index (χ4v) is 4.27. The van der Waals surface area contributed by atoms with Crippen molar-refractivity contribution < 1.29 is 4.79 Å². The Morgan fingerprint density at radius 1 is 1.15 bits per heavy atom. The average molecular weight is 374 g/mol. The van der Waals surface area contributed by atoms with Gasteiger partial charge < -0.3 is 15.1 Å². The molecule has 2 saturated heterocycles. The second-order valence-electron chi connectivity index (χ2n) is 8.21. The molecular weight excluding hydrogens is 338 g/mol. The Balaban J connectivity index is 1.46. The van der Waals surface area contributed by atoms with E-state index in [1.165, 1.54) is 32.5 Å². The van der Waals surface area contributed by atoms with Crippen molar-refractivity contribution in [1.82, 2.24) is 20.1 Å². The molecule has 1 aromatic rings. The SMILES string of the molecule is CCNC(=O)c1ccc(N2CCN(C3CCN(CC(C)C)CC3)CC2)nc1. The molecule has 1 N–H and O–H groups in total. The van der Waals surface area contributed by atoms with E-state index in [1.54, 1.807) is 6.20 Å². The molecule has 1 amide bonds. The zero-order chi connectivity index (χ0) is 19.2. The van der Waals surface area contributed by atoms with Gasteiger partial charge >= 0.3 is 0 Å². The Bertz CT molecular complexity index is 587. The molecule has 2 aliphatic heterocycles. The number of likely N-dealkylation sites (tertiary alicyclic amines) is 1. The highest BCUT2D eigenvalue weighted by molar-refractivity contribution is 5.93. The quantitative estimate of drug-likeness (QED) is 0.827. The van der Waals surface area contributed by atoms with Crippen molar-refractivity contribution in [3.63, 3.8) is 0 Å². The van der Waals surface area contributed by atoms with Gasteiger partial charge in [0.2, 0.25) is 0 Å². The molecule has 0 bridgehead atoms. The number of piperidine rings is 1. The molecule has 2 aliphatic rings. The van der Waals surface area contributed by atoms with Crippen LogP contribution in [0, 0.1) is 5.92 Å². The van der Waals surface area contributed by atoms with Gasteiger partial charge in [-0.1, -0.05) is 13.8 Å². The van der Waals surface area contributed by atoms with Gasteiger partial charge in [-0.3, -0.25) is 9.69 Å². The van der Waals surface area contributed by atoms with Crippen molar-refractivity contribution >= 4 is 11.7 Å². The Kier molecular flexibility index (Phi) is 7.07. The van der Waals surface area contributed by atoms with E-state index in [4.69, 9.17) is 0 Å². The van der Waals surface area contributed by atoms with Crippen molar-refractivity contribution in [3.8, 4) is 0 Å². The monoisotopic (exact) mass is 373 g/mol. The van der Waals surface area contributed by atoms with Gasteiger partial charge in [0.15, 0.2) is 0 Å². The van der Waals surface area contributed by atoms with Crippen LogP contribution in [0.25, 0.3) is 0 Å². The van der Waals surface area contributed by atoms with Crippen LogP contribution >= 0.6 is 0 Å². The van der Waals surface area contributed by atoms with Crippen LogP contribution in [0.2, 0.25) is 0 Å². The molecule has 1 aromatic heterocycles. The third-order valence-electron chi connectivity index (χ3n) is 5.68. The van der Waals surface area contributed by atoms with E-state index in [0.717, 1.165) is 44.0 Å². The molecule has 0 spiro atoms. The molecule has 0 unspecified atom stereocenters. The summed E-state index contributed by atoms with van der Waals surface area (Å²) < 4.78 is 0. The lowest BCUT2D eigenvalue weighted by atomic mass is 10.0. The minimum absolute atomic E-state index is 0.0508. The topological polar surface area (TPSA) is 51.7 Å². The number of amides is 1. The molecule has 0 aliphatic carbocycles. The molecule has 6 nitrogen and oxygen atoms in total. The number of aromatic nitrogens is 1. The van der Waals surface area contributed by atoms with E-state index >= 15 is 0 Å². The zero-order valence-electron chi connectivity index (χ0n) is 17.2. The summed E-state index contributed by atoms with van der Waals surface area (Å²) in [6.45, 7) is 15.1.